The molecule has 2 amide bonds. The van der Waals surface area contributed by atoms with E-state index in [4.69, 9.17) is 4.42 Å². The Balaban J connectivity index is 1.71. The molecule has 0 saturated carbocycles. The van der Waals surface area contributed by atoms with E-state index in [1.807, 2.05) is 38.2 Å². The number of carbonyl (C=O) groups is 1. The summed E-state index contributed by atoms with van der Waals surface area (Å²) < 4.78 is 7.04. The lowest BCUT2D eigenvalue weighted by molar-refractivity contribution is 0.232. The Hall–Kier alpha value is -2.24. The number of furan rings is 1. The molecule has 0 aliphatic rings. The van der Waals surface area contributed by atoms with Crippen LogP contribution in [0.15, 0.2) is 41.3 Å². The molecule has 0 aromatic carbocycles. The molecule has 6 heteroatoms. The van der Waals surface area contributed by atoms with Crippen molar-refractivity contribution in [2.24, 2.45) is 0 Å². The number of hydrogen-bond donors (Lipinski definition) is 2. The SMILES string of the molecule is C[C@H](Cc1ccco1)NC(=O)N[C@H](C)Cn1cccn1. The average molecular weight is 276 g/mol. The second-order valence-electron chi connectivity index (χ2n) is 4.93. The van der Waals surface area contributed by atoms with Crippen LogP contribution < -0.4 is 10.6 Å². The first-order valence-electron chi connectivity index (χ1n) is 6.70. The van der Waals surface area contributed by atoms with Crippen LogP contribution in [0.3, 0.4) is 0 Å². The zero-order valence-electron chi connectivity index (χ0n) is 11.7. The summed E-state index contributed by atoms with van der Waals surface area (Å²) >= 11 is 0. The van der Waals surface area contributed by atoms with Crippen LogP contribution in [0, 0.1) is 0 Å². The first-order chi connectivity index (χ1) is 9.63. The van der Waals surface area contributed by atoms with E-state index in [9.17, 15) is 4.79 Å². The van der Waals surface area contributed by atoms with Crippen LogP contribution in [-0.2, 0) is 13.0 Å². The average Bonchev–Trinajstić information content (AvgIpc) is 3.01. The fourth-order valence-electron chi connectivity index (χ4n) is 2.01. The maximum absolute atomic E-state index is 11.8. The van der Waals surface area contributed by atoms with Crippen molar-refractivity contribution in [3.63, 3.8) is 0 Å². The van der Waals surface area contributed by atoms with E-state index in [-0.39, 0.29) is 18.1 Å². The van der Waals surface area contributed by atoms with Gasteiger partial charge in [-0.15, -0.1) is 0 Å². The minimum absolute atomic E-state index is 0.00529. The number of rotatable bonds is 6. The second-order valence-corrected chi connectivity index (χ2v) is 4.93. The van der Waals surface area contributed by atoms with Crippen LogP contribution in [0.25, 0.3) is 0 Å². The van der Waals surface area contributed by atoms with Crippen molar-refractivity contribution in [1.82, 2.24) is 20.4 Å². The van der Waals surface area contributed by atoms with Gasteiger partial charge in [0.2, 0.25) is 0 Å². The van der Waals surface area contributed by atoms with Crippen LogP contribution in [0.2, 0.25) is 0 Å². The summed E-state index contributed by atoms with van der Waals surface area (Å²) in [5, 5.41) is 9.88. The van der Waals surface area contributed by atoms with E-state index in [0.29, 0.717) is 13.0 Å². The van der Waals surface area contributed by atoms with Crippen molar-refractivity contribution in [3.8, 4) is 0 Å². The van der Waals surface area contributed by atoms with E-state index in [0.717, 1.165) is 5.76 Å². The minimum atomic E-state index is -0.177. The van der Waals surface area contributed by atoms with Gasteiger partial charge in [0.05, 0.1) is 12.8 Å². The van der Waals surface area contributed by atoms with Gasteiger partial charge in [-0.05, 0) is 32.0 Å². The lowest BCUT2D eigenvalue weighted by Crippen LogP contribution is -2.46. The van der Waals surface area contributed by atoms with E-state index >= 15 is 0 Å². The Morgan fingerprint density at radius 2 is 2.15 bits per heavy atom. The summed E-state index contributed by atoms with van der Waals surface area (Å²) in [6.07, 6.45) is 5.90. The van der Waals surface area contributed by atoms with Gasteiger partial charge in [-0.3, -0.25) is 4.68 Å². The molecule has 0 bridgehead atoms. The molecule has 2 heterocycles. The van der Waals surface area contributed by atoms with E-state index in [1.165, 1.54) is 0 Å². The number of hydrogen-bond acceptors (Lipinski definition) is 3. The molecule has 0 aliphatic heterocycles. The van der Waals surface area contributed by atoms with E-state index < -0.39 is 0 Å². The van der Waals surface area contributed by atoms with Crippen LogP contribution in [0.5, 0.6) is 0 Å². The third kappa shape index (κ3) is 4.46. The summed E-state index contributed by atoms with van der Waals surface area (Å²) in [7, 11) is 0. The van der Waals surface area contributed by atoms with Gasteiger partial charge in [0, 0.05) is 30.9 Å². The molecule has 0 saturated heterocycles. The van der Waals surface area contributed by atoms with Gasteiger partial charge < -0.3 is 15.1 Å². The molecule has 0 radical (unpaired) electrons. The van der Waals surface area contributed by atoms with Crippen LogP contribution >= 0.6 is 0 Å². The number of amides is 2. The lowest BCUT2D eigenvalue weighted by atomic mass is 10.2. The van der Waals surface area contributed by atoms with Crippen LogP contribution in [0.1, 0.15) is 19.6 Å². The van der Waals surface area contributed by atoms with E-state index in [1.54, 1.807) is 17.1 Å². The predicted octanol–water partition coefficient (Wildman–Crippen LogP) is 1.79. The monoisotopic (exact) mass is 276 g/mol. The molecular formula is C14H20N4O2. The quantitative estimate of drug-likeness (QED) is 0.845. The first kappa shape index (κ1) is 14.2. The van der Waals surface area contributed by atoms with Gasteiger partial charge in [0.15, 0.2) is 0 Å². The van der Waals surface area contributed by atoms with Crippen molar-refractivity contribution in [3.05, 3.63) is 42.6 Å². The number of nitrogens with one attached hydrogen (secondary N) is 2. The fourth-order valence-corrected chi connectivity index (χ4v) is 2.01. The predicted molar refractivity (Wildman–Crippen MR) is 75.2 cm³/mol. The van der Waals surface area contributed by atoms with Crippen molar-refractivity contribution >= 4 is 6.03 Å². The standard InChI is InChI=1S/C14H20N4O2/c1-11(9-13-5-3-8-20-13)16-14(19)17-12(2)10-18-7-4-6-15-18/h3-8,11-12H,9-10H2,1-2H3,(H2,16,17,19)/t11-,12-/m1/s1. The minimum Gasteiger partial charge on any atom is -0.469 e. The van der Waals surface area contributed by atoms with Crippen LogP contribution in [-0.4, -0.2) is 27.9 Å². The van der Waals surface area contributed by atoms with Gasteiger partial charge in [-0.25, -0.2) is 4.79 Å². The smallest absolute Gasteiger partial charge is 0.315 e. The summed E-state index contributed by atoms with van der Waals surface area (Å²) in [4.78, 5) is 11.8. The highest BCUT2D eigenvalue weighted by Gasteiger charge is 2.12. The van der Waals surface area contributed by atoms with E-state index in [2.05, 4.69) is 15.7 Å². The first-order valence-corrected chi connectivity index (χ1v) is 6.70. The van der Waals surface area contributed by atoms with Gasteiger partial charge in [-0.1, -0.05) is 0 Å². The topological polar surface area (TPSA) is 72.1 Å². The summed E-state index contributed by atoms with van der Waals surface area (Å²) in [6, 6.07) is 5.44. The van der Waals surface area contributed by atoms with Crippen molar-refractivity contribution in [1.29, 1.82) is 0 Å². The molecule has 0 unspecified atom stereocenters. The van der Waals surface area contributed by atoms with Crippen molar-refractivity contribution in [2.45, 2.75) is 38.9 Å². The molecule has 0 spiro atoms. The highest BCUT2D eigenvalue weighted by molar-refractivity contribution is 5.74. The maximum atomic E-state index is 11.8. The molecule has 0 fully saturated rings. The highest BCUT2D eigenvalue weighted by atomic mass is 16.3. The third-order valence-electron chi connectivity index (χ3n) is 2.86. The molecule has 2 aromatic heterocycles. The number of urea groups is 1. The molecule has 108 valence electrons. The van der Waals surface area contributed by atoms with Crippen molar-refractivity contribution < 1.29 is 9.21 Å². The number of nitrogens with zero attached hydrogens (tertiary/aromatic N) is 2. The lowest BCUT2D eigenvalue weighted by Gasteiger charge is -2.17. The molecule has 2 rings (SSSR count). The second kappa shape index (κ2) is 6.79. The molecule has 20 heavy (non-hydrogen) atoms. The molecular weight excluding hydrogens is 256 g/mol. The Morgan fingerprint density at radius 3 is 2.80 bits per heavy atom. The molecule has 2 atom stereocenters. The molecule has 2 aromatic rings. The zero-order valence-corrected chi connectivity index (χ0v) is 11.7. The number of carbonyl (C=O) groups excluding carboxylic acids is 1. The Labute approximate surface area is 118 Å². The summed E-state index contributed by atoms with van der Waals surface area (Å²) in [5.74, 6) is 0.863. The molecule has 2 N–H and O–H groups in total. The fraction of sp³-hybridized carbons (Fsp3) is 0.429. The largest absolute Gasteiger partial charge is 0.469 e. The van der Waals surface area contributed by atoms with Gasteiger partial charge in [0.1, 0.15) is 5.76 Å². The van der Waals surface area contributed by atoms with Gasteiger partial charge in [0.25, 0.3) is 0 Å². The zero-order chi connectivity index (χ0) is 14.4. The Kier molecular flexibility index (Phi) is 4.81. The van der Waals surface area contributed by atoms with Gasteiger partial charge >= 0.3 is 6.03 Å². The normalized spacial score (nSPS) is 13.7. The maximum Gasteiger partial charge on any atom is 0.315 e. The number of aromatic nitrogens is 2. The Bertz CT molecular complexity index is 461. The molecule has 6 nitrogen and oxygen atoms in total. The van der Waals surface area contributed by atoms with Crippen molar-refractivity contribution in [2.75, 3.05) is 0 Å². The molecule has 0 aliphatic carbocycles. The Morgan fingerprint density at radius 1 is 1.35 bits per heavy atom. The summed E-state index contributed by atoms with van der Waals surface area (Å²) in [5.41, 5.74) is 0. The van der Waals surface area contributed by atoms with Gasteiger partial charge in [-0.2, -0.15) is 5.10 Å². The third-order valence-corrected chi connectivity index (χ3v) is 2.86. The summed E-state index contributed by atoms with van der Waals surface area (Å²) in [6.45, 7) is 4.53. The highest BCUT2D eigenvalue weighted by Crippen LogP contribution is 2.03. The van der Waals surface area contributed by atoms with Crippen LogP contribution in [0.4, 0.5) is 4.79 Å².